The van der Waals surface area contributed by atoms with E-state index >= 15 is 0 Å². The van der Waals surface area contributed by atoms with Crippen LogP contribution in [0.15, 0.2) is 0 Å². The smallest absolute Gasteiger partial charge is 0.222 e. The minimum absolute atomic E-state index is 0.0375. The Bertz CT molecular complexity index is 425. The molecule has 1 amide bonds. The van der Waals surface area contributed by atoms with Crippen molar-refractivity contribution in [3.05, 3.63) is 0 Å². The molecule has 0 aromatic carbocycles. The van der Waals surface area contributed by atoms with Gasteiger partial charge in [0, 0.05) is 18.5 Å². The number of aliphatic hydroxyl groups excluding tert-OH is 1. The highest BCUT2D eigenvalue weighted by Crippen LogP contribution is 2.35. The van der Waals surface area contributed by atoms with E-state index in [-0.39, 0.29) is 17.9 Å². The fourth-order valence-electron chi connectivity index (χ4n) is 4.43. The average molecular weight is 397 g/mol. The third-order valence-electron chi connectivity index (χ3n) is 6.48. The number of unbranched alkanes of at least 4 members (excludes halogenated alkanes) is 1. The summed E-state index contributed by atoms with van der Waals surface area (Å²) in [5.74, 6) is 1.37. The van der Waals surface area contributed by atoms with Crippen LogP contribution in [0.4, 0.5) is 0 Å². The maximum Gasteiger partial charge on any atom is 0.222 e. The second kappa shape index (κ2) is 12.8. The molecule has 0 radical (unpaired) electrons. The van der Waals surface area contributed by atoms with Crippen molar-refractivity contribution in [3.8, 4) is 0 Å². The van der Waals surface area contributed by atoms with Crippen molar-refractivity contribution in [1.29, 1.82) is 0 Å². The third-order valence-corrected chi connectivity index (χ3v) is 6.48. The van der Waals surface area contributed by atoms with Crippen LogP contribution in [0.25, 0.3) is 0 Å². The van der Waals surface area contributed by atoms with Crippen molar-refractivity contribution in [1.82, 2.24) is 5.32 Å². The minimum Gasteiger partial charge on any atom is -0.391 e. The lowest BCUT2D eigenvalue weighted by atomic mass is 9.76. The van der Waals surface area contributed by atoms with Gasteiger partial charge in [-0.1, -0.05) is 79.6 Å². The second-order valence-electron chi connectivity index (χ2n) is 10.6. The lowest BCUT2D eigenvalue weighted by Gasteiger charge is -2.32. The molecule has 0 saturated heterocycles. The molecule has 1 saturated carbocycles. The first-order valence-corrected chi connectivity index (χ1v) is 11.8. The van der Waals surface area contributed by atoms with E-state index in [4.69, 9.17) is 5.73 Å². The van der Waals surface area contributed by atoms with Crippen LogP contribution in [-0.4, -0.2) is 29.7 Å². The van der Waals surface area contributed by atoms with Crippen molar-refractivity contribution in [2.75, 3.05) is 6.54 Å². The molecule has 0 aliphatic heterocycles. The molecule has 0 aromatic rings. The van der Waals surface area contributed by atoms with Gasteiger partial charge in [-0.3, -0.25) is 4.79 Å². The summed E-state index contributed by atoms with van der Waals surface area (Å²) >= 11 is 0. The minimum atomic E-state index is -0.587. The van der Waals surface area contributed by atoms with E-state index < -0.39 is 6.10 Å². The van der Waals surface area contributed by atoms with E-state index in [2.05, 4.69) is 33.0 Å². The van der Waals surface area contributed by atoms with Crippen LogP contribution in [-0.2, 0) is 4.79 Å². The number of rotatable bonds is 12. The quantitative estimate of drug-likeness (QED) is 0.405. The van der Waals surface area contributed by atoms with Crippen LogP contribution in [0.2, 0.25) is 0 Å². The molecule has 1 aliphatic carbocycles. The molecule has 4 N–H and O–H groups in total. The summed E-state index contributed by atoms with van der Waals surface area (Å²) in [6.07, 6.45) is 12.0. The Morgan fingerprint density at radius 1 is 1.14 bits per heavy atom. The zero-order valence-corrected chi connectivity index (χ0v) is 19.3. The molecule has 1 aliphatic rings. The number of nitrogens with two attached hydrogens (primary N) is 1. The number of carbonyl (C=O) groups is 1. The summed E-state index contributed by atoms with van der Waals surface area (Å²) in [6, 6.07) is -0.215. The van der Waals surface area contributed by atoms with Gasteiger partial charge in [0.25, 0.3) is 0 Å². The summed E-state index contributed by atoms with van der Waals surface area (Å²) in [5, 5.41) is 13.4. The number of hydrogen-bond acceptors (Lipinski definition) is 3. The molecule has 4 heteroatoms. The highest BCUT2D eigenvalue weighted by molar-refractivity contribution is 5.78. The van der Waals surface area contributed by atoms with Crippen LogP contribution < -0.4 is 11.1 Å². The monoisotopic (exact) mass is 396 g/mol. The van der Waals surface area contributed by atoms with Crippen LogP contribution in [0.5, 0.6) is 0 Å². The molecule has 4 nitrogen and oxygen atoms in total. The van der Waals surface area contributed by atoms with Crippen LogP contribution >= 0.6 is 0 Å². The standard InChI is InChI=1S/C24H48N2O2/c1-6-7-15-26-23(28)18(2)16-22(27)21(25)17-20-12-10-19(11-13-20)9-8-14-24(3,4)5/h18-22,27H,6-17,25H2,1-5H3,(H,26,28)/t18-,19?,20?,21+,22+/m1/s1. The summed E-state index contributed by atoms with van der Waals surface area (Å²) in [4.78, 5) is 12.1. The molecule has 0 unspecified atom stereocenters. The van der Waals surface area contributed by atoms with E-state index in [0.717, 1.165) is 31.7 Å². The van der Waals surface area contributed by atoms with Crippen molar-refractivity contribution >= 4 is 5.91 Å². The maximum absolute atomic E-state index is 12.1. The predicted octanol–water partition coefficient (Wildman–Crippen LogP) is 5.03. The Hall–Kier alpha value is -0.610. The highest BCUT2D eigenvalue weighted by atomic mass is 16.3. The van der Waals surface area contributed by atoms with Crippen molar-refractivity contribution < 1.29 is 9.90 Å². The fraction of sp³-hybridized carbons (Fsp3) is 0.958. The summed E-state index contributed by atoms with van der Waals surface area (Å²) in [6.45, 7) is 11.7. The van der Waals surface area contributed by atoms with Gasteiger partial charge in [-0.05, 0) is 42.9 Å². The second-order valence-corrected chi connectivity index (χ2v) is 10.6. The first-order chi connectivity index (χ1) is 13.1. The Kier molecular flexibility index (Phi) is 11.7. The van der Waals surface area contributed by atoms with Crippen LogP contribution in [0.3, 0.4) is 0 Å². The van der Waals surface area contributed by atoms with E-state index in [1.54, 1.807) is 0 Å². The Balaban J connectivity index is 2.24. The molecule has 3 atom stereocenters. The molecule has 0 heterocycles. The number of hydrogen-bond donors (Lipinski definition) is 3. The number of nitrogens with one attached hydrogen (secondary N) is 1. The van der Waals surface area contributed by atoms with Gasteiger partial charge in [0.1, 0.15) is 0 Å². The van der Waals surface area contributed by atoms with E-state index in [1.807, 2.05) is 6.92 Å². The first-order valence-electron chi connectivity index (χ1n) is 11.8. The Morgan fingerprint density at radius 2 is 1.75 bits per heavy atom. The van der Waals surface area contributed by atoms with Gasteiger partial charge in [-0.25, -0.2) is 0 Å². The molecular weight excluding hydrogens is 348 g/mol. The van der Waals surface area contributed by atoms with Gasteiger partial charge in [0.15, 0.2) is 0 Å². The highest BCUT2D eigenvalue weighted by Gasteiger charge is 2.27. The van der Waals surface area contributed by atoms with Crippen molar-refractivity contribution in [2.24, 2.45) is 28.9 Å². The molecule has 1 fully saturated rings. The molecule has 0 bridgehead atoms. The van der Waals surface area contributed by atoms with Crippen molar-refractivity contribution in [3.63, 3.8) is 0 Å². The summed E-state index contributed by atoms with van der Waals surface area (Å²) in [7, 11) is 0. The van der Waals surface area contributed by atoms with Crippen LogP contribution in [0.1, 0.15) is 105 Å². The fourth-order valence-corrected chi connectivity index (χ4v) is 4.43. The Morgan fingerprint density at radius 3 is 2.32 bits per heavy atom. The van der Waals surface area contributed by atoms with Gasteiger partial charge >= 0.3 is 0 Å². The largest absolute Gasteiger partial charge is 0.391 e. The maximum atomic E-state index is 12.1. The van der Waals surface area contributed by atoms with E-state index in [1.165, 1.54) is 44.9 Å². The van der Waals surface area contributed by atoms with Crippen molar-refractivity contribution in [2.45, 2.75) is 117 Å². The predicted molar refractivity (Wildman–Crippen MR) is 119 cm³/mol. The molecule has 166 valence electrons. The lowest BCUT2D eigenvalue weighted by Crippen LogP contribution is -2.40. The summed E-state index contributed by atoms with van der Waals surface area (Å²) < 4.78 is 0. The SMILES string of the molecule is CCCCNC(=O)[C@H](C)C[C@H](O)[C@@H](N)CC1CCC(CCCC(C)(C)C)CC1. The first kappa shape index (κ1) is 25.4. The van der Waals surface area contributed by atoms with Gasteiger partial charge in [-0.2, -0.15) is 0 Å². The molecular formula is C24H48N2O2. The lowest BCUT2D eigenvalue weighted by molar-refractivity contribution is -0.125. The normalized spacial score (nSPS) is 23.8. The topological polar surface area (TPSA) is 75.3 Å². The van der Waals surface area contributed by atoms with Crippen LogP contribution in [0, 0.1) is 23.2 Å². The molecule has 28 heavy (non-hydrogen) atoms. The zero-order valence-electron chi connectivity index (χ0n) is 19.3. The zero-order chi connectivity index (χ0) is 21.2. The third kappa shape index (κ3) is 10.8. The number of carbonyl (C=O) groups excluding carboxylic acids is 1. The van der Waals surface area contributed by atoms with Gasteiger partial charge < -0.3 is 16.2 Å². The molecule has 0 spiro atoms. The molecule has 0 aromatic heterocycles. The van der Waals surface area contributed by atoms with Gasteiger partial charge in [0.05, 0.1) is 6.10 Å². The van der Waals surface area contributed by atoms with Gasteiger partial charge in [0.2, 0.25) is 5.91 Å². The number of amides is 1. The van der Waals surface area contributed by atoms with E-state index in [0.29, 0.717) is 17.8 Å². The van der Waals surface area contributed by atoms with E-state index in [9.17, 15) is 9.90 Å². The van der Waals surface area contributed by atoms with Gasteiger partial charge in [-0.15, -0.1) is 0 Å². The number of aliphatic hydroxyl groups is 1. The molecule has 1 rings (SSSR count). The Labute approximate surface area is 174 Å². The summed E-state index contributed by atoms with van der Waals surface area (Å²) in [5.41, 5.74) is 6.75. The average Bonchev–Trinajstić information content (AvgIpc) is 2.62.